The number of ether oxygens (including phenoxy) is 1. The Balaban J connectivity index is 2.05. The third-order valence-electron chi connectivity index (χ3n) is 2.93. The maximum atomic E-state index is 11.9. The molecule has 24 heavy (non-hydrogen) atoms. The topological polar surface area (TPSA) is 172 Å². The van der Waals surface area contributed by atoms with E-state index < -0.39 is 19.4 Å². The number of nitrogens with zero attached hydrogens (tertiary/aromatic N) is 2. The number of anilines is 2. The number of phosphoric acid groups is 1. The van der Waals surface area contributed by atoms with Gasteiger partial charge in [0.25, 0.3) is 5.56 Å². The van der Waals surface area contributed by atoms with Crippen molar-refractivity contribution in [1.29, 1.82) is 0 Å². The number of phosphoric ester groups is 1. The van der Waals surface area contributed by atoms with E-state index in [1.54, 1.807) is 0 Å². The summed E-state index contributed by atoms with van der Waals surface area (Å²) in [5.41, 5.74) is 5.02. The number of rotatable bonds is 2. The van der Waals surface area contributed by atoms with Crippen molar-refractivity contribution in [3.63, 3.8) is 0 Å². The van der Waals surface area contributed by atoms with Crippen LogP contribution >= 0.6 is 33.1 Å². The van der Waals surface area contributed by atoms with E-state index in [0.717, 1.165) is 0 Å². The molecule has 11 nitrogen and oxygen atoms in total. The lowest BCUT2D eigenvalue weighted by molar-refractivity contribution is 0.249. The number of fused-ring (bicyclic) bond motifs is 2. The van der Waals surface area contributed by atoms with Crippen LogP contribution in [0.1, 0.15) is 0 Å². The van der Waals surface area contributed by atoms with Gasteiger partial charge in [0.05, 0.1) is 4.91 Å². The monoisotopic (exact) mass is 391 g/mol. The van der Waals surface area contributed by atoms with Gasteiger partial charge in [-0.25, -0.2) is 4.57 Å². The summed E-state index contributed by atoms with van der Waals surface area (Å²) in [6.07, 6.45) is 0.702. The molecule has 1 atom stereocenters. The van der Waals surface area contributed by atoms with Crippen molar-refractivity contribution >= 4 is 56.4 Å². The van der Waals surface area contributed by atoms with Gasteiger partial charge in [-0.15, -0.1) is 25.3 Å². The summed E-state index contributed by atoms with van der Waals surface area (Å²) in [7, 11) is -4.75. The number of aliphatic imine (C=N–C) groups is 1. The number of H-pyrrole nitrogens is 1. The normalized spacial score (nSPS) is 21.4. The van der Waals surface area contributed by atoms with E-state index in [1.165, 1.54) is 0 Å². The third kappa shape index (κ3) is 3.16. The highest BCUT2D eigenvalue weighted by Gasteiger charge is 2.35. The molecule has 0 aromatic carbocycles. The van der Waals surface area contributed by atoms with E-state index in [2.05, 4.69) is 50.1 Å². The lowest BCUT2D eigenvalue weighted by Crippen LogP contribution is -2.39. The summed E-state index contributed by atoms with van der Waals surface area (Å²) < 4.78 is 20.5. The zero-order valence-corrected chi connectivity index (χ0v) is 14.2. The molecule has 0 amide bonds. The first-order valence-electron chi connectivity index (χ1n) is 6.15. The van der Waals surface area contributed by atoms with E-state index in [1.807, 2.05) is 0 Å². The summed E-state index contributed by atoms with van der Waals surface area (Å²) in [6.45, 7) is 0. The maximum Gasteiger partial charge on any atom is 0.524 e. The lowest BCUT2D eigenvalue weighted by atomic mass is 10.1. The van der Waals surface area contributed by atoms with Gasteiger partial charge in [-0.2, -0.15) is 9.98 Å². The smallest absolute Gasteiger partial charge is 0.436 e. The van der Waals surface area contributed by atoms with Crippen LogP contribution in [-0.2, 0) is 13.8 Å². The molecule has 0 unspecified atom stereocenters. The van der Waals surface area contributed by atoms with Gasteiger partial charge in [0.2, 0.25) is 11.8 Å². The summed E-state index contributed by atoms with van der Waals surface area (Å²) in [4.78, 5) is 40.1. The number of aromatic nitrogens is 2. The number of thiol groups is 2. The van der Waals surface area contributed by atoms with Crippen LogP contribution in [0, 0.1) is 0 Å². The maximum absolute atomic E-state index is 11.9. The number of nitrogens with one attached hydrogen (secondary N) is 2. The molecule has 128 valence electrons. The molecule has 0 spiro atoms. The second-order valence-electron chi connectivity index (χ2n) is 4.59. The second-order valence-corrected chi connectivity index (χ2v) is 6.71. The Bertz CT molecular complexity index is 919. The third-order valence-corrected chi connectivity index (χ3v) is 4.43. The second kappa shape index (κ2) is 5.86. The molecular weight excluding hydrogens is 381 g/mol. The fraction of sp³-hybridized carbons (Fsp3) is 0.100. The molecule has 0 fully saturated rings. The Hall–Kier alpha value is -1.92. The molecule has 0 saturated heterocycles. The van der Waals surface area contributed by atoms with Gasteiger partial charge in [0.1, 0.15) is 18.0 Å². The summed E-state index contributed by atoms with van der Waals surface area (Å²) in [6, 6.07) is -0.730. The van der Waals surface area contributed by atoms with Gasteiger partial charge in [-0.05, 0) is 0 Å². The Morgan fingerprint density at radius 2 is 2.12 bits per heavy atom. The molecule has 2 aliphatic heterocycles. The molecule has 3 heterocycles. The highest BCUT2D eigenvalue weighted by Crippen LogP contribution is 2.40. The molecule has 0 saturated carbocycles. The van der Waals surface area contributed by atoms with E-state index >= 15 is 0 Å². The molecule has 3 rings (SSSR count). The molecule has 6 N–H and O–H groups in total. The Kier molecular flexibility index (Phi) is 4.13. The van der Waals surface area contributed by atoms with Crippen LogP contribution in [-0.4, -0.2) is 31.7 Å². The molecule has 1 aromatic rings. The van der Waals surface area contributed by atoms with Crippen molar-refractivity contribution in [2.24, 2.45) is 4.99 Å². The lowest BCUT2D eigenvalue weighted by Gasteiger charge is -2.31. The zero-order chi connectivity index (χ0) is 17.6. The van der Waals surface area contributed by atoms with E-state index in [4.69, 9.17) is 20.3 Å². The summed E-state index contributed by atoms with van der Waals surface area (Å²) >= 11 is 8.45. The van der Waals surface area contributed by atoms with Crippen LogP contribution < -0.4 is 16.6 Å². The molecule has 0 aliphatic carbocycles. The first-order chi connectivity index (χ1) is 11.2. The number of hydrogen-bond donors (Lipinski definition) is 7. The van der Waals surface area contributed by atoms with E-state index in [9.17, 15) is 9.36 Å². The van der Waals surface area contributed by atoms with Gasteiger partial charge in [-0.1, -0.05) is 0 Å². The fourth-order valence-electron chi connectivity index (χ4n) is 1.95. The predicted octanol–water partition coefficient (Wildman–Crippen LogP) is 0.228. The predicted molar refractivity (Wildman–Crippen MR) is 91.1 cm³/mol. The Labute approximate surface area is 144 Å². The Morgan fingerprint density at radius 1 is 1.42 bits per heavy atom. The van der Waals surface area contributed by atoms with Crippen molar-refractivity contribution in [2.75, 3.05) is 11.1 Å². The quantitative estimate of drug-likeness (QED) is 0.212. The molecule has 0 bridgehead atoms. The first-order valence-corrected chi connectivity index (χ1v) is 8.57. The van der Waals surface area contributed by atoms with Crippen LogP contribution in [0.4, 0.5) is 17.5 Å². The van der Waals surface area contributed by atoms with E-state index in [0.29, 0.717) is 11.2 Å². The van der Waals surface area contributed by atoms with Gasteiger partial charge >= 0.3 is 7.82 Å². The first kappa shape index (κ1) is 16.9. The number of nitrogens with two attached hydrogens (primary N) is 1. The van der Waals surface area contributed by atoms with Gasteiger partial charge < -0.3 is 20.3 Å². The number of hydrogen-bond acceptors (Lipinski definition) is 10. The molecule has 14 heteroatoms. The summed E-state index contributed by atoms with van der Waals surface area (Å²) in [5, 5.41) is 2.85. The van der Waals surface area contributed by atoms with Gasteiger partial charge in [0.15, 0.2) is 11.6 Å². The fourth-order valence-corrected chi connectivity index (χ4v) is 2.70. The van der Waals surface area contributed by atoms with E-state index in [-0.39, 0.29) is 34.0 Å². The molecule has 1 aromatic heterocycles. The van der Waals surface area contributed by atoms with Crippen molar-refractivity contribution in [1.82, 2.24) is 9.97 Å². The molecular formula is C10H10N5O6PS2. The van der Waals surface area contributed by atoms with Crippen molar-refractivity contribution < 1.29 is 23.6 Å². The Morgan fingerprint density at radius 3 is 2.79 bits per heavy atom. The van der Waals surface area contributed by atoms with Crippen LogP contribution in [0.25, 0.3) is 0 Å². The van der Waals surface area contributed by atoms with Crippen LogP contribution in [0.15, 0.2) is 31.6 Å². The SMILES string of the molecule is Nc1nc2c(c(=O)[nH]1)N[C@@H]1C(=N2)O/C(=C/OP(=O)(O)O)C(S)=C1S. The average molecular weight is 391 g/mol. The van der Waals surface area contributed by atoms with Gasteiger partial charge in [-0.3, -0.25) is 19.6 Å². The van der Waals surface area contributed by atoms with Crippen molar-refractivity contribution in [3.8, 4) is 0 Å². The molecule has 2 aliphatic rings. The molecule has 0 radical (unpaired) electrons. The number of aromatic amines is 1. The highest BCUT2D eigenvalue weighted by molar-refractivity contribution is 7.88. The minimum atomic E-state index is -4.75. The standard InChI is InChI=1S/C10H10N5O6PS2/c11-10-14-7-4(8(16)15-10)12-3-6(24)5(23)2(21-9(3)13-7)1-20-22(17,18)19/h1,3,12,23-24H,(H2,17,18,19)(H3,11,14,15,16)/b2-1+/t3-/m0/s1. The minimum absolute atomic E-state index is 0.00139. The van der Waals surface area contributed by atoms with Crippen molar-refractivity contribution in [3.05, 3.63) is 32.2 Å². The minimum Gasteiger partial charge on any atom is -0.436 e. The highest BCUT2D eigenvalue weighted by atomic mass is 32.1. The summed E-state index contributed by atoms with van der Waals surface area (Å²) in [5.74, 6) is -0.217. The van der Waals surface area contributed by atoms with Crippen LogP contribution in [0.3, 0.4) is 0 Å². The van der Waals surface area contributed by atoms with Crippen molar-refractivity contribution in [2.45, 2.75) is 6.04 Å². The largest absolute Gasteiger partial charge is 0.524 e. The zero-order valence-electron chi connectivity index (χ0n) is 11.5. The number of nitrogen functional groups attached to an aromatic ring is 1. The van der Waals surface area contributed by atoms with Crippen LogP contribution in [0.2, 0.25) is 0 Å². The van der Waals surface area contributed by atoms with Crippen LogP contribution in [0.5, 0.6) is 0 Å². The average Bonchev–Trinajstić information content (AvgIpc) is 2.47. The van der Waals surface area contributed by atoms with Gasteiger partial charge in [0, 0.05) is 4.91 Å².